The zero-order valence-corrected chi connectivity index (χ0v) is 6.93. The van der Waals surface area contributed by atoms with Gasteiger partial charge in [-0.2, -0.15) is 0 Å². The quantitative estimate of drug-likeness (QED) is 0.507. The second-order valence-electron chi connectivity index (χ2n) is 1.92. The van der Waals surface area contributed by atoms with Gasteiger partial charge >= 0.3 is 0 Å². The summed E-state index contributed by atoms with van der Waals surface area (Å²) in [4.78, 5) is 10.3. The largest absolute Gasteiger partial charge is 0.296 e. The first-order chi connectivity index (χ1) is 5.38. The molecule has 0 bridgehead atoms. The molecule has 0 spiro atoms. The highest BCUT2D eigenvalue weighted by Gasteiger charge is 2.07. The van der Waals surface area contributed by atoms with Gasteiger partial charge in [0.1, 0.15) is 0 Å². The normalized spacial score (nSPS) is 9.91. The molecule has 0 aliphatic heterocycles. The monoisotopic (exact) mass is 172 g/mol. The first kappa shape index (κ1) is 8.26. The molecule has 0 fully saturated rings. The first-order valence-corrected chi connectivity index (χ1v) is 4.27. The average Bonchev–Trinajstić information content (AvgIpc) is 2.47. The van der Waals surface area contributed by atoms with Crippen molar-refractivity contribution >= 4 is 18.0 Å². The highest BCUT2D eigenvalue weighted by molar-refractivity contribution is 7.99. The van der Waals surface area contributed by atoms with Crippen molar-refractivity contribution in [3.8, 4) is 0 Å². The number of aldehydes is 1. The maximum Gasteiger partial charge on any atom is 0.181 e. The molecule has 1 rings (SSSR count). The maximum absolute atomic E-state index is 10.3. The Hall–Kier alpha value is -0.840. The molecule has 0 amide bonds. The minimum atomic E-state index is 0.295. The van der Waals surface area contributed by atoms with E-state index in [1.807, 2.05) is 0 Å². The first-order valence-electron chi connectivity index (χ1n) is 3.29. The fraction of sp³-hybridized carbons (Fsp3) is 0.500. The summed E-state index contributed by atoms with van der Waals surface area (Å²) in [5.41, 5.74) is 0.295. The van der Waals surface area contributed by atoms with Crippen LogP contribution in [0.5, 0.6) is 0 Å². The van der Waals surface area contributed by atoms with Gasteiger partial charge in [-0.15, -0.1) is 11.8 Å². The molecule has 0 aromatic carbocycles. The van der Waals surface area contributed by atoms with Crippen LogP contribution in [-0.2, 0) is 0 Å². The third kappa shape index (κ3) is 2.04. The van der Waals surface area contributed by atoms with Gasteiger partial charge in [0.25, 0.3) is 0 Å². The lowest BCUT2D eigenvalue weighted by Crippen LogP contribution is -1.83. The van der Waals surface area contributed by atoms with Gasteiger partial charge in [-0.05, 0) is 22.5 Å². The Morgan fingerprint density at radius 3 is 3.09 bits per heavy atom. The molecule has 1 aromatic rings. The Bertz CT molecular complexity index is 236. The molecular weight excluding hydrogens is 164 g/mol. The van der Waals surface area contributed by atoms with Gasteiger partial charge in [0.2, 0.25) is 0 Å². The summed E-state index contributed by atoms with van der Waals surface area (Å²) < 4.78 is 4.38. The Labute approximate surface area is 68.3 Å². The van der Waals surface area contributed by atoms with E-state index in [1.54, 1.807) is 0 Å². The summed E-state index contributed by atoms with van der Waals surface area (Å²) in [7, 11) is 0. The summed E-state index contributed by atoms with van der Waals surface area (Å²) in [6.45, 7) is 2.06. The van der Waals surface area contributed by atoms with Crippen LogP contribution in [0.25, 0.3) is 0 Å². The number of nitrogens with zero attached hydrogens (tertiary/aromatic N) is 2. The molecule has 0 radical (unpaired) electrons. The van der Waals surface area contributed by atoms with Gasteiger partial charge in [-0.25, -0.2) is 4.63 Å². The van der Waals surface area contributed by atoms with Gasteiger partial charge in [-0.3, -0.25) is 4.79 Å². The van der Waals surface area contributed by atoms with Crippen molar-refractivity contribution in [3.05, 3.63) is 5.69 Å². The van der Waals surface area contributed by atoms with Crippen LogP contribution in [0.15, 0.2) is 9.65 Å². The zero-order valence-electron chi connectivity index (χ0n) is 6.11. The molecule has 0 N–H and O–H groups in total. The van der Waals surface area contributed by atoms with E-state index in [9.17, 15) is 4.79 Å². The lowest BCUT2D eigenvalue weighted by Gasteiger charge is -1.89. The number of aromatic nitrogens is 2. The molecule has 0 atom stereocenters. The minimum absolute atomic E-state index is 0.295. The summed E-state index contributed by atoms with van der Waals surface area (Å²) in [6.07, 6.45) is 1.68. The fourth-order valence-electron chi connectivity index (χ4n) is 0.558. The number of thioether (sulfide) groups is 1. The van der Waals surface area contributed by atoms with Gasteiger partial charge < -0.3 is 0 Å². The summed E-state index contributed by atoms with van der Waals surface area (Å²) in [5, 5.41) is 7.57. The van der Waals surface area contributed by atoms with Crippen molar-refractivity contribution < 1.29 is 9.42 Å². The van der Waals surface area contributed by atoms with Crippen LogP contribution < -0.4 is 0 Å². The molecule has 1 aromatic heterocycles. The second kappa shape index (κ2) is 4.12. The van der Waals surface area contributed by atoms with E-state index in [4.69, 9.17) is 0 Å². The number of carbonyl (C=O) groups is 1. The SMILES string of the molecule is CCCSc1nonc1C=O. The lowest BCUT2D eigenvalue weighted by atomic mass is 10.5. The highest BCUT2D eigenvalue weighted by Crippen LogP contribution is 2.17. The molecule has 60 valence electrons. The summed E-state index contributed by atoms with van der Waals surface area (Å²) in [6, 6.07) is 0. The molecule has 1 heterocycles. The Balaban J connectivity index is 2.61. The molecule has 0 aliphatic carbocycles. The van der Waals surface area contributed by atoms with Gasteiger partial charge in [0.05, 0.1) is 0 Å². The Morgan fingerprint density at radius 2 is 2.45 bits per heavy atom. The van der Waals surface area contributed by atoms with E-state index in [0.29, 0.717) is 17.0 Å². The summed E-state index contributed by atoms with van der Waals surface area (Å²) in [5.74, 6) is 0.926. The molecular formula is C6H8N2O2S. The van der Waals surface area contributed by atoms with Gasteiger partial charge in [0, 0.05) is 0 Å². The van der Waals surface area contributed by atoms with E-state index >= 15 is 0 Å². The van der Waals surface area contributed by atoms with Crippen LogP contribution in [0.1, 0.15) is 23.8 Å². The number of hydrogen-bond donors (Lipinski definition) is 0. The van der Waals surface area contributed by atoms with Crippen LogP contribution in [0.4, 0.5) is 0 Å². The standard InChI is InChI=1S/C6H8N2O2S/c1-2-3-11-6-5(4-9)7-10-8-6/h4H,2-3H2,1H3. The number of rotatable bonds is 4. The van der Waals surface area contributed by atoms with Crippen LogP contribution in [0.3, 0.4) is 0 Å². The third-order valence-electron chi connectivity index (χ3n) is 1.04. The molecule has 0 aliphatic rings. The van der Waals surface area contributed by atoms with Crippen molar-refractivity contribution in [1.82, 2.24) is 10.3 Å². The van der Waals surface area contributed by atoms with E-state index < -0.39 is 0 Å². The van der Waals surface area contributed by atoms with E-state index in [0.717, 1.165) is 12.2 Å². The summed E-state index contributed by atoms with van der Waals surface area (Å²) >= 11 is 1.48. The van der Waals surface area contributed by atoms with Crippen LogP contribution in [-0.4, -0.2) is 22.4 Å². The molecule has 11 heavy (non-hydrogen) atoms. The van der Waals surface area contributed by atoms with Crippen LogP contribution in [0, 0.1) is 0 Å². The van der Waals surface area contributed by atoms with Gasteiger partial charge in [0.15, 0.2) is 17.0 Å². The van der Waals surface area contributed by atoms with Gasteiger partial charge in [-0.1, -0.05) is 6.92 Å². The zero-order chi connectivity index (χ0) is 8.10. The van der Waals surface area contributed by atoms with Crippen molar-refractivity contribution in [3.63, 3.8) is 0 Å². The maximum atomic E-state index is 10.3. The molecule has 0 saturated heterocycles. The Kier molecular flexibility index (Phi) is 3.10. The lowest BCUT2D eigenvalue weighted by molar-refractivity contribution is 0.111. The molecule has 4 nitrogen and oxygen atoms in total. The highest BCUT2D eigenvalue weighted by atomic mass is 32.2. The molecule has 0 saturated carbocycles. The molecule has 5 heteroatoms. The number of hydrogen-bond acceptors (Lipinski definition) is 5. The van der Waals surface area contributed by atoms with Crippen molar-refractivity contribution in [2.45, 2.75) is 18.4 Å². The van der Waals surface area contributed by atoms with E-state index in [1.165, 1.54) is 11.8 Å². The van der Waals surface area contributed by atoms with Crippen molar-refractivity contribution in [2.24, 2.45) is 0 Å². The number of carbonyl (C=O) groups excluding carboxylic acids is 1. The predicted octanol–water partition coefficient (Wildman–Crippen LogP) is 1.38. The fourth-order valence-corrected chi connectivity index (χ4v) is 1.28. The molecule has 0 unspecified atom stereocenters. The minimum Gasteiger partial charge on any atom is -0.296 e. The van der Waals surface area contributed by atoms with E-state index in [-0.39, 0.29) is 0 Å². The van der Waals surface area contributed by atoms with E-state index in [2.05, 4.69) is 21.9 Å². The smallest absolute Gasteiger partial charge is 0.181 e. The average molecular weight is 172 g/mol. The topological polar surface area (TPSA) is 56.0 Å². The van der Waals surface area contributed by atoms with Crippen molar-refractivity contribution in [2.75, 3.05) is 5.75 Å². The van der Waals surface area contributed by atoms with Crippen LogP contribution in [0.2, 0.25) is 0 Å². The Morgan fingerprint density at radius 1 is 1.64 bits per heavy atom. The predicted molar refractivity (Wildman–Crippen MR) is 40.7 cm³/mol. The van der Waals surface area contributed by atoms with Crippen molar-refractivity contribution in [1.29, 1.82) is 0 Å². The second-order valence-corrected chi connectivity index (χ2v) is 3.00. The third-order valence-corrected chi connectivity index (χ3v) is 2.21. The van der Waals surface area contributed by atoms with Crippen LogP contribution >= 0.6 is 11.8 Å².